The fourth-order valence-corrected chi connectivity index (χ4v) is 4.45. The second-order valence-corrected chi connectivity index (χ2v) is 7.96. The van der Waals surface area contributed by atoms with Crippen LogP contribution >= 0.6 is 0 Å². The molecule has 25 heavy (non-hydrogen) atoms. The topological polar surface area (TPSA) is 58.8 Å². The Labute approximate surface area is 149 Å². The number of nitrogens with zero attached hydrogens (tertiary/aromatic N) is 3. The number of rotatable bonds is 5. The monoisotopic (exact) mass is 347 g/mol. The molecule has 0 bridgehead atoms. The number of methoxy groups -OCH3 is 1. The summed E-state index contributed by atoms with van der Waals surface area (Å²) in [7, 11) is 1.81. The smallest absolute Gasteiger partial charge is 0.225 e. The predicted octanol–water partition coefficient (Wildman–Crippen LogP) is 1.87. The third-order valence-electron chi connectivity index (χ3n) is 6.07. The van der Waals surface area contributed by atoms with Gasteiger partial charge in [0.15, 0.2) is 0 Å². The number of hydrogen-bond acceptors (Lipinski definition) is 5. The van der Waals surface area contributed by atoms with Gasteiger partial charge >= 0.3 is 0 Å². The Morgan fingerprint density at radius 3 is 2.64 bits per heavy atom. The minimum atomic E-state index is 0.247. The second-order valence-electron chi connectivity index (χ2n) is 7.96. The van der Waals surface area contributed by atoms with E-state index < -0.39 is 0 Å². The first-order valence-electron chi connectivity index (χ1n) is 9.62. The molecule has 0 N–H and O–H groups in total. The molecule has 1 aliphatic carbocycles. The van der Waals surface area contributed by atoms with Crippen LogP contribution in [0.2, 0.25) is 0 Å². The number of piperidine rings is 1. The molecule has 2 saturated heterocycles. The lowest BCUT2D eigenvalue weighted by Gasteiger charge is -2.37. The van der Waals surface area contributed by atoms with Gasteiger partial charge in [0.05, 0.1) is 11.8 Å². The summed E-state index contributed by atoms with van der Waals surface area (Å²) in [6, 6.07) is 2.60. The highest BCUT2D eigenvalue weighted by atomic mass is 16.5. The minimum Gasteiger partial charge on any atom is -0.380 e. The molecule has 3 fully saturated rings. The number of ether oxygens (including phenoxy) is 1. The Bertz CT molecular complexity index is 605. The quantitative estimate of drug-likeness (QED) is 0.814. The van der Waals surface area contributed by atoms with Gasteiger partial charge in [-0.2, -0.15) is 0 Å². The van der Waals surface area contributed by atoms with Gasteiger partial charge in [-0.15, -0.1) is 0 Å². The SMILES string of the molecule is CO[C@H]1CN(C2CCN(C(=O)C3CC3)CC2)C[C@H]1Cc1cc(C)no1. The maximum absolute atomic E-state index is 12.2. The Kier molecular flexibility index (Phi) is 4.82. The zero-order chi connectivity index (χ0) is 17.4. The van der Waals surface area contributed by atoms with Gasteiger partial charge in [-0.25, -0.2) is 0 Å². The van der Waals surface area contributed by atoms with Gasteiger partial charge in [0.25, 0.3) is 0 Å². The van der Waals surface area contributed by atoms with Crippen molar-refractivity contribution >= 4 is 5.91 Å². The number of hydrogen-bond donors (Lipinski definition) is 0. The highest BCUT2D eigenvalue weighted by molar-refractivity contribution is 5.81. The van der Waals surface area contributed by atoms with Gasteiger partial charge in [-0.1, -0.05) is 5.16 Å². The first kappa shape index (κ1) is 17.0. The summed E-state index contributed by atoms with van der Waals surface area (Å²) < 4.78 is 11.2. The minimum absolute atomic E-state index is 0.247. The number of aromatic nitrogens is 1. The van der Waals surface area contributed by atoms with Gasteiger partial charge in [0, 0.05) is 63.7 Å². The van der Waals surface area contributed by atoms with Crippen molar-refractivity contribution in [3.8, 4) is 0 Å². The summed E-state index contributed by atoms with van der Waals surface area (Å²) in [5.74, 6) is 2.14. The molecule has 1 aromatic heterocycles. The molecule has 0 spiro atoms. The molecule has 6 heteroatoms. The average molecular weight is 347 g/mol. The van der Waals surface area contributed by atoms with Gasteiger partial charge in [0.2, 0.25) is 5.91 Å². The summed E-state index contributed by atoms with van der Waals surface area (Å²) in [5.41, 5.74) is 0.937. The van der Waals surface area contributed by atoms with Gasteiger partial charge in [-0.05, 0) is 32.6 Å². The van der Waals surface area contributed by atoms with Crippen LogP contribution in [0, 0.1) is 18.8 Å². The normalized spacial score (nSPS) is 28.6. The fraction of sp³-hybridized carbons (Fsp3) is 0.789. The maximum atomic E-state index is 12.2. The highest BCUT2D eigenvalue weighted by Gasteiger charge is 2.40. The van der Waals surface area contributed by atoms with Crippen molar-refractivity contribution in [1.29, 1.82) is 0 Å². The van der Waals surface area contributed by atoms with E-state index in [2.05, 4.69) is 15.0 Å². The van der Waals surface area contributed by atoms with Crippen molar-refractivity contribution < 1.29 is 14.1 Å². The average Bonchev–Trinajstić information content (AvgIpc) is 3.28. The molecule has 0 aromatic carbocycles. The number of amides is 1. The van der Waals surface area contributed by atoms with Gasteiger partial charge < -0.3 is 14.2 Å². The van der Waals surface area contributed by atoms with Crippen LogP contribution < -0.4 is 0 Å². The van der Waals surface area contributed by atoms with Gasteiger partial charge in [-0.3, -0.25) is 9.69 Å². The van der Waals surface area contributed by atoms with Crippen LogP contribution in [-0.4, -0.2) is 66.3 Å². The Balaban J connectivity index is 1.31. The largest absolute Gasteiger partial charge is 0.380 e. The molecular weight excluding hydrogens is 318 g/mol. The van der Waals surface area contributed by atoms with Crippen LogP contribution in [0.4, 0.5) is 0 Å². The number of likely N-dealkylation sites (tertiary alicyclic amines) is 2. The molecule has 6 nitrogen and oxygen atoms in total. The van der Waals surface area contributed by atoms with E-state index in [1.807, 2.05) is 20.1 Å². The molecule has 2 aliphatic heterocycles. The molecule has 0 radical (unpaired) electrons. The molecule has 3 heterocycles. The van der Waals surface area contributed by atoms with Crippen molar-refractivity contribution in [2.75, 3.05) is 33.3 Å². The third-order valence-corrected chi connectivity index (χ3v) is 6.07. The molecule has 3 aliphatic rings. The summed E-state index contributed by atoms with van der Waals surface area (Å²) in [4.78, 5) is 16.9. The van der Waals surface area contributed by atoms with Crippen molar-refractivity contribution in [2.45, 2.75) is 51.2 Å². The third kappa shape index (κ3) is 3.75. The van der Waals surface area contributed by atoms with E-state index in [-0.39, 0.29) is 6.10 Å². The van der Waals surface area contributed by atoms with E-state index in [4.69, 9.17) is 9.26 Å². The standard InChI is InChI=1S/C19H29N3O3/c1-13-9-17(25-20-13)10-15-11-22(12-18(15)24-2)16-5-7-21(8-6-16)19(23)14-3-4-14/h9,14-16,18H,3-8,10-12H2,1-2H3/t15-,18+/m1/s1. The fourth-order valence-electron chi connectivity index (χ4n) is 4.45. The first-order valence-corrected chi connectivity index (χ1v) is 9.62. The van der Waals surface area contributed by atoms with Crippen molar-refractivity contribution in [3.05, 3.63) is 17.5 Å². The number of carbonyl (C=O) groups excluding carboxylic acids is 1. The number of aryl methyl sites for hydroxylation is 1. The van der Waals surface area contributed by atoms with Gasteiger partial charge in [0.1, 0.15) is 5.76 Å². The lowest BCUT2D eigenvalue weighted by atomic mass is 10.00. The summed E-state index contributed by atoms with van der Waals surface area (Å²) in [6.45, 7) is 5.81. The van der Waals surface area contributed by atoms with Crippen molar-refractivity contribution in [1.82, 2.24) is 15.0 Å². The number of carbonyl (C=O) groups is 1. The van der Waals surface area contributed by atoms with E-state index in [1.165, 1.54) is 0 Å². The summed E-state index contributed by atoms with van der Waals surface area (Å²) in [5, 5.41) is 4.00. The zero-order valence-corrected chi connectivity index (χ0v) is 15.3. The molecular formula is C19H29N3O3. The van der Waals surface area contributed by atoms with E-state index in [0.717, 1.165) is 69.7 Å². The Hall–Kier alpha value is -1.40. The van der Waals surface area contributed by atoms with E-state index in [9.17, 15) is 4.79 Å². The summed E-state index contributed by atoms with van der Waals surface area (Å²) >= 11 is 0. The highest BCUT2D eigenvalue weighted by Crippen LogP contribution is 2.33. The maximum Gasteiger partial charge on any atom is 0.225 e. The molecule has 2 atom stereocenters. The first-order chi connectivity index (χ1) is 12.1. The molecule has 1 aromatic rings. The zero-order valence-electron chi connectivity index (χ0n) is 15.3. The summed E-state index contributed by atoms with van der Waals surface area (Å²) in [6.07, 6.45) is 5.50. The van der Waals surface area contributed by atoms with E-state index >= 15 is 0 Å². The molecule has 1 saturated carbocycles. The van der Waals surface area contributed by atoms with Crippen LogP contribution in [-0.2, 0) is 16.0 Å². The van der Waals surface area contributed by atoms with Crippen LogP contribution in [0.15, 0.2) is 10.6 Å². The second kappa shape index (κ2) is 7.08. The molecule has 4 rings (SSSR count). The lowest BCUT2D eigenvalue weighted by molar-refractivity contribution is -0.134. The van der Waals surface area contributed by atoms with E-state index in [0.29, 0.717) is 23.8 Å². The van der Waals surface area contributed by atoms with Crippen molar-refractivity contribution in [3.63, 3.8) is 0 Å². The Morgan fingerprint density at radius 2 is 2.04 bits per heavy atom. The van der Waals surface area contributed by atoms with Crippen LogP contribution in [0.3, 0.4) is 0 Å². The lowest BCUT2D eigenvalue weighted by Crippen LogP contribution is -2.46. The van der Waals surface area contributed by atoms with E-state index in [1.54, 1.807) is 0 Å². The van der Waals surface area contributed by atoms with Crippen molar-refractivity contribution in [2.24, 2.45) is 11.8 Å². The molecule has 0 unspecified atom stereocenters. The predicted molar refractivity (Wildman–Crippen MR) is 93.1 cm³/mol. The Morgan fingerprint density at radius 1 is 1.28 bits per heavy atom. The van der Waals surface area contributed by atoms with Crippen LogP contribution in [0.25, 0.3) is 0 Å². The van der Waals surface area contributed by atoms with Crippen LogP contribution in [0.5, 0.6) is 0 Å². The molecule has 1 amide bonds. The van der Waals surface area contributed by atoms with Crippen LogP contribution in [0.1, 0.15) is 37.1 Å². The molecule has 138 valence electrons.